The molecule has 0 fully saturated rings. The van der Waals surface area contributed by atoms with Crippen molar-refractivity contribution >= 4 is 34.1 Å². The molecule has 2 N–H and O–H groups in total. The molecule has 5 heteroatoms. The highest BCUT2D eigenvalue weighted by molar-refractivity contribution is 14.1. The summed E-state index contributed by atoms with van der Waals surface area (Å²) in [5, 5.41) is 13.7. The van der Waals surface area contributed by atoms with Crippen molar-refractivity contribution in [1.29, 1.82) is 0 Å². The summed E-state index contributed by atoms with van der Waals surface area (Å²) < 4.78 is 1.22. The van der Waals surface area contributed by atoms with Crippen LogP contribution in [0.4, 0.5) is 5.69 Å². The third-order valence-electron chi connectivity index (χ3n) is 3.19. The topological polar surface area (TPSA) is 47.9 Å². The summed E-state index contributed by atoms with van der Waals surface area (Å²) in [4.78, 5) is 2.16. The fourth-order valence-electron chi connectivity index (χ4n) is 2.14. The van der Waals surface area contributed by atoms with Crippen molar-refractivity contribution < 1.29 is 5.11 Å². The molecule has 1 aliphatic heterocycles. The molecule has 0 spiro atoms. The normalized spacial score (nSPS) is 14.1. The number of hydrazone groups is 1. The van der Waals surface area contributed by atoms with Crippen LogP contribution in [0.1, 0.15) is 5.56 Å². The molecule has 1 aliphatic rings. The number of aromatic hydroxyl groups is 1. The standard InChI is InChI=1S/C15H14IN3O/c16-12-3-5-13(6-4-12)19-10-17-18-15(19)9-11-1-7-14(20)8-2-11/h1-8,17,20H,9-10H2. The number of hydrogen-bond donors (Lipinski definition) is 2. The van der Waals surface area contributed by atoms with E-state index >= 15 is 0 Å². The maximum atomic E-state index is 9.32. The van der Waals surface area contributed by atoms with Crippen molar-refractivity contribution in [2.75, 3.05) is 11.6 Å². The van der Waals surface area contributed by atoms with Gasteiger partial charge in [-0.25, -0.2) is 0 Å². The molecule has 2 aromatic rings. The highest BCUT2D eigenvalue weighted by Gasteiger charge is 2.18. The van der Waals surface area contributed by atoms with E-state index in [1.165, 1.54) is 3.57 Å². The van der Waals surface area contributed by atoms with E-state index in [0.717, 1.165) is 23.5 Å². The van der Waals surface area contributed by atoms with E-state index in [-0.39, 0.29) is 5.75 Å². The summed E-state index contributed by atoms with van der Waals surface area (Å²) in [5.41, 5.74) is 5.29. The molecule has 0 saturated carbocycles. The molecular weight excluding hydrogens is 365 g/mol. The van der Waals surface area contributed by atoms with E-state index in [9.17, 15) is 5.11 Å². The quantitative estimate of drug-likeness (QED) is 0.807. The Kier molecular flexibility index (Phi) is 3.77. The van der Waals surface area contributed by atoms with Crippen LogP contribution in [-0.2, 0) is 6.42 Å². The first-order valence-electron chi connectivity index (χ1n) is 6.33. The predicted molar refractivity (Wildman–Crippen MR) is 88.9 cm³/mol. The summed E-state index contributed by atoms with van der Waals surface area (Å²) in [6, 6.07) is 15.6. The number of rotatable bonds is 3. The number of nitrogens with zero attached hydrogens (tertiary/aromatic N) is 2. The van der Waals surface area contributed by atoms with Gasteiger partial charge in [-0.05, 0) is 64.6 Å². The molecule has 0 atom stereocenters. The lowest BCUT2D eigenvalue weighted by Gasteiger charge is -2.19. The summed E-state index contributed by atoms with van der Waals surface area (Å²) in [5.74, 6) is 1.27. The average molecular weight is 379 g/mol. The van der Waals surface area contributed by atoms with Crippen LogP contribution in [-0.4, -0.2) is 17.6 Å². The summed E-state index contributed by atoms with van der Waals surface area (Å²) >= 11 is 2.30. The molecule has 1 heterocycles. The second-order valence-corrected chi connectivity index (χ2v) is 5.84. The molecule has 0 unspecified atom stereocenters. The van der Waals surface area contributed by atoms with E-state index in [1.54, 1.807) is 12.1 Å². The Balaban J connectivity index is 1.78. The van der Waals surface area contributed by atoms with E-state index in [0.29, 0.717) is 6.67 Å². The molecule has 102 valence electrons. The van der Waals surface area contributed by atoms with Crippen molar-refractivity contribution in [3.8, 4) is 5.75 Å². The van der Waals surface area contributed by atoms with Crippen LogP contribution in [0.3, 0.4) is 0 Å². The van der Waals surface area contributed by atoms with Gasteiger partial charge >= 0.3 is 0 Å². The summed E-state index contributed by atoms with van der Waals surface area (Å²) in [6.45, 7) is 0.689. The predicted octanol–water partition coefficient (Wildman–Crippen LogP) is 2.92. The number of amidine groups is 1. The highest BCUT2D eigenvalue weighted by atomic mass is 127. The maximum absolute atomic E-state index is 9.32. The van der Waals surface area contributed by atoms with Crippen molar-refractivity contribution in [3.05, 3.63) is 57.7 Å². The van der Waals surface area contributed by atoms with Gasteiger partial charge < -0.3 is 10.0 Å². The number of phenolic OH excluding ortho intramolecular Hbond substituents is 1. The molecule has 2 aromatic carbocycles. The van der Waals surface area contributed by atoms with Gasteiger partial charge in [0.1, 0.15) is 18.3 Å². The third kappa shape index (κ3) is 2.87. The Labute approximate surface area is 131 Å². The molecule has 0 aliphatic carbocycles. The second-order valence-electron chi connectivity index (χ2n) is 4.59. The molecule has 0 radical (unpaired) electrons. The van der Waals surface area contributed by atoms with Crippen LogP contribution >= 0.6 is 22.6 Å². The van der Waals surface area contributed by atoms with Crippen LogP contribution in [0.15, 0.2) is 53.6 Å². The number of phenols is 1. The average Bonchev–Trinajstić information content (AvgIpc) is 2.90. The minimum Gasteiger partial charge on any atom is -0.508 e. The van der Waals surface area contributed by atoms with Crippen molar-refractivity contribution in [2.45, 2.75) is 6.42 Å². The molecule has 0 aromatic heterocycles. The molecule has 0 bridgehead atoms. The van der Waals surface area contributed by atoms with Gasteiger partial charge in [0.15, 0.2) is 0 Å². The van der Waals surface area contributed by atoms with E-state index in [2.05, 4.69) is 62.3 Å². The molecule has 4 nitrogen and oxygen atoms in total. The zero-order valence-electron chi connectivity index (χ0n) is 10.8. The van der Waals surface area contributed by atoms with Gasteiger partial charge in [-0.1, -0.05) is 12.1 Å². The zero-order chi connectivity index (χ0) is 13.9. The van der Waals surface area contributed by atoms with Gasteiger partial charge in [0.25, 0.3) is 0 Å². The Morgan fingerprint density at radius 2 is 1.80 bits per heavy atom. The van der Waals surface area contributed by atoms with Gasteiger partial charge in [0.2, 0.25) is 0 Å². The Hall–Kier alpha value is -1.76. The van der Waals surface area contributed by atoms with Gasteiger partial charge in [0, 0.05) is 15.7 Å². The Morgan fingerprint density at radius 3 is 2.50 bits per heavy atom. The summed E-state index contributed by atoms with van der Waals surface area (Å²) in [6.07, 6.45) is 0.735. The van der Waals surface area contributed by atoms with Gasteiger partial charge in [-0.15, -0.1) is 0 Å². The zero-order valence-corrected chi connectivity index (χ0v) is 12.9. The van der Waals surface area contributed by atoms with E-state index in [4.69, 9.17) is 0 Å². The minimum absolute atomic E-state index is 0.287. The third-order valence-corrected chi connectivity index (χ3v) is 3.90. The lowest BCUT2D eigenvalue weighted by molar-refractivity contribution is 0.475. The Bertz CT molecular complexity index is 623. The van der Waals surface area contributed by atoms with Crippen LogP contribution in [0.2, 0.25) is 0 Å². The van der Waals surface area contributed by atoms with Gasteiger partial charge in [0.05, 0.1) is 0 Å². The van der Waals surface area contributed by atoms with Gasteiger partial charge in [-0.3, -0.25) is 5.43 Å². The number of nitrogens with one attached hydrogen (secondary N) is 1. The molecule has 20 heavy (non-hydrogen) atoms. The molecular formula is C15H14IN3O. The van der Waals surface area contributed by atoms with Crippen molar-refractivity contribution in [2.24, 2.45) is 5.10 Å². The highest BCUT2D eigenvalue weighted by Crippen LogP contribution is 2.20. The number of benzene rings is 2. The first-order chi connectivity index (χ1) is 9.72. The lowest BCUT2D eigenvalue weighted by atomic mass is 10.1. The number of hydrogen-bond acceptors (Lipinski definition) is 4. The van der Waals surface area contributed by atoms with E-state index < -0.39 is 0 Å². The van der Waals surface area contributed by atoms with Crippen molar-refractivity contribution in [1.82, 2.24) is 5.43 Å². The fourth-order valence-corrected chi connectivity index (χ4v) is 2.50. The van der Waals surface area contributed by atoms with E-state index in [1.807, 2.05) is 12.1 Å². The van der Waals surface area contributed by atoms with Crippen LogP contribution in [0.25, 0.3) is 0 Å². The van der Waals surface area contributed by atoms with Crippen LogP contribution in [0, 0.1) is 3.57 Å². The Morgan fingerprint density at radius 1 is 1.10 bits per heavy atom. The first kappa shape index (κ1) is 13.2. The lowest BCUT2D eigenvalue weighted by Crippen LogP contribution is -2.30. The number of halogens is 1. The fraction of sp³-hybridized carbons (Fsp3) is 0.133. The largest absolute Gasteiger partial charge is 0.508 e. The molecule has 0 amide bonds. The first-order valence-corrected chi connectivity index (χ1v) is 7.41. The smallest absolute Gasteiger partial charge is 0.135 e. The minimum atomic E-state index is 0.287. The maximum Gasteiger partial charge on any atom is 0.135 e. The monoisotopic (exact) mass is 379 g/mol. The summed E-state index contributed by atoms with van der Waals surface area (Å²) in [7, 11) is 0. The molecule has 3 rings (SSSR count). The second kappa shape index (κ2) is 5.70. The SMILES string of the molecule is Oc1ccc(CC2=NNCN2c2ccc(I)cc2)cc1. The van der Waals surface area contributed by atoms with Crippen molar-refractivity contribution in [3.63, 3.8) is 0 Å². The molecule has 0 saturated heterocycles. The van der Waals surface area contributed by atoms with Gasteiger partial charge in [-0.2, -0.15) is 5.10 Å². The number of anilines is 1. The van der Waals surface area contributed by atoms with Crippen LogP contribution < -0.4 is 10.3 Å². The van der Waals surface area contributed by atoms with Crippen LogP contribution in [0.5, 0.6) is 5.75 Å².